The molecule has 1 fully saturated rings. The second-order valence-corrected chi connectivity index (χ2v) is 3.42. The Labute approximate surface area is 75.8 Å². The third-order valence-electron chi connectivity index (χ3n) is 2.27. The predicted octanol–water partition coefficient (Wildman–Crippen LogP) is -0.599. The number of methoxy groups -OCH3 is 1. The minimum atomic E-state index is -2.89. The molecule has 2 unspecified atom stereocenters. The normalized spacial score (nSPS) is 31.2. The molecule has 0 saturated carbocycles. The van der Waals surface area contributed by atoms with E-state index in [2.05, 4.69) is 4.74 Å². The van der Waals surface area contributed by atoms with E-state index in [0.717, 1.165) is 0 Å². The van der Waals surface area contributed by atoms with Gasteiger partial charge in [-0.15, -0.1) is 0 Å². The fourth-order valence-corrected chi connectivity index (χ4v) is 1.61. The van der Waals surface area contributed by atoms with Gasteiger partial charge in [0.1, 0.15) is 6.61 Å². The molecule has 0 radical (unpaired) electrons. The Hall–Kier alpha value is -0.300. The van der Waals surface area contributed by atoms with Gasteiger partial charge in [0.25, 0.3) is 5.92 Å². The van der Waals surface area contributed by atoms with E-state index in [4.69, 9.17) is 11.6 Å². The summed E-state index contributed by atoms with van der Waals surface area (Å²) in [7, 11) is 1.24. The monoisotopic (exact) mass is 195 g/mol. The third kappa shape index (κ3) is 2.34. The SMILES string of the molecule is COCC(F)(F)C1CN(N)CC1N. The maximum Gasteiger partial charge on any atom is 0.276 e. The van der Waals surface area contributed by atoms with Gasteiger partial charge in [0.15, 0.2) is 0 Å². The standard InChI is InChI=1S/C7H15F2N3O/c1-13-4-7(8,9)5-2-12(11)3-6(5)10/h5-6H,2-4,10-11H2,1H3. The number of nitrogens with two attached hydrogens (primary N) is 2. The summed E-state index contributed by atoms with van der Waals surface area (Å²) < 4.78 is 31.0. The van der Waals surface area contributed by atoms with Crippen molar-refractivity contribution in [2.75, 3.05) is 26.8 Å². The van der Waals surface area contributed by atoms with Crippen LogP contribution in [0.25, 0.3) is 0 Å². The van der Waals surface area contributed by atoms with Crippen LogP contribution in [0, 0.1) is 5.92 Å². The van der Waals surface area contributed by atoms with Crippen molar-refractivity contribution in [3.05, 3.63) is 0 Å². The molecule has 0 aromatic carbocycles. The van der Waals surface area contributed by atoms with Crippen molar-refractivity contribution in [1.82, 2.24) is 5.01 Å². The Morgan fingerprint density at radius 1 is 1.54 bits per heavy atom. The highest BCUT2D eigenvalue weighted by Gasteiger charge is 2.47. The zero-order valence-electron chi connectivity index (χ0n) is 7.54. The highest BCUT2D eigenvalue weighted by Crippen LogP contribution is 2.30. The van der Waals surface area contributed by atoms with Crippen molar-refractivity contribution in [2.45, 2.75) is 12.0 Å². The zero-order valence-corrected chi connectivity index (χ0v) is 7.54. The molecule has 2 atom stereocenters. The molecular formula is C7H15F2N3O. The van der Waals surface area contributed by atoms with Gasteiger partial charge in [-0.2, -0.15) is 0 Å². The van der Waals surface area contributed by atoms with Crippen LogP contribution in [0.15, 0.2) is 0 Å². The lowest BCUT2D eigenvalue weighted by atomic mass is 9.97. The van der Waals surface area contributed by atoms with E-state index in [-0.39, 0.29) is 6.54 Å². The lowest BCUT2D eigenvalue weighted by Crippen LogP contribution is -2.43. The quantitative estimate of drug-likeness (QED) is 0.590. The first-order valence-corrected chi connectivity index (χ1v) is 4.09. The Morgan fingerprint density at radius 2 is 2.15 bits per heavy atom. The summed E-state index contributed by atoms with van der Waals surface area (Å²) in [5.74, 6) is 1.60. The van der Waals surface area contributed by atoms with Crippen molar-refractivity contribution < 1.29 is 13.5 Å². The van der Waals surface area contributed by atoms with Crippen LogP contribution in [0.1, 0.15) is 0 Å². The number of halogens is 2. The van der Waals surface area contributed by atoms with E-state index in [1.165, 1.54) is 12.1 Å². The molecule has 0 aliphatic carbocycles. The average Bonchev–Trinajstić information content (AvgIpc) is 2.30. The van der Waals surface area contributed by atoms with E-state index in [1.54, 1.807) is 0 Å². The van der Waals surface area contributed by atoms with Crippen LogP contribution in [-0.4, -0.2) is 43.8 Å². The van der Waals surface area contributed by atoms with Crippen LogP contribution in [0.5, 0.6) is 0 Å². The van der Waals surface area contributed by atoms with Crippen molar-refractivity contribution >= 4 is 0 Å². The molecule has 1 saturated heterocycles. The molecule has 0 aromatic heterocycles. The Balaban J connectivity index is 2.60. The van der Waals surface area contributed by atoms with Gasteiger partial charge in [-0.3, -0.25) is 5.84 Å². The number of alkyl halides is 2. The van der Waals surface area contributed by atoms with Crippen LogP contribution in [0.3, 0.4) is 0 Å². The zero-order chi connectivity index (χ0) is 10.1. The van der Waals surface area contributed by atoms with Crippen molar-refractivity contribution in [2.24, 2.45) is 17.5 Å². The van der Waals surface area contributed by atoms with Gasteiger partial charge < -0.3 is 10.5 Å². The van der Waals surface area contributed by atoms with E-state index in [9.17, 15) is 8.78 Å². The summed E-state index contributed by atoms with van der Waals surface area (Å²) in [6, 6.07) is -0.574. The highest BCUT2D eigenvalue weighted by atomic mass is 19.3. The molecule has 0 amide bonds. The number of hydrogen-bond donors (Lipinski definition) is 2. The fraction of sp³-hybridized carbons (Fsp3) is 1.00. The van der Waals surface area contributed by atoms with E-state index in [1.807, 2.05) is 0 Å². The van der Waals surface area contributed by atoms with Crippen molar-refractivity contribution in [3.8, 4) is 0 Å². The predicted molar refractivity (Wildman–Crippen MR) is 44.0 cm³/mol. The lowest BCUT2D eigenvalue weighted by molar-refractivity contribution is -0.107. The van der Waals surface area contributed by atoms with E-state index < -0.39 is 24.5 Å². The molecule has 1 heterocycles. The second kappa shape index (κ2) is 3.83. The summed E-state index contributed by atoms with van der Waals surface area (Å²) >= 11 is 0. The Morgan fingerprint density at radius 3 is 2.54 bits per heavy atom. The summed E-state index contributed by atoms with van der Waals surface area (Å²) in [5, 5.41) is 1.32. The smallest absolute Gasteiger partial charge is 0.276 e. The molecule has 1 rings (SSSR count). The van der Waals surface area contributed by atoms with Crippen LogP contribution < -0.4 is 11.6 Å². The molecule has 1 aliphatic rings. The van der Waals surface area contributed by atoms with Crippen LogP contribution in [0.4, 0.5) is 8.78 Å². The molecule has 0 bridgehead atoms. The minimum Gasteiger partial charge on any atom is -0.378 e. The molecule has 0 aromatic rings. The maximum atomic E-state index is 13.3. The number of hydrazine groups is 1. The van der Waals surface area contributed by atoms with Gasteiger partial charge >= 0.3 is 0 Å². The summed E-state index contributed by atoms with van der Waals surface area (Å²) in [6.07, 6.45) is 0. The van der Waals surface area contributed by atoms with Gasteiger partial charge in [-0.05, 0) is 0 Å². The average molecular weight is 195 g/mol. The third-order valence-corrected chi connectivity index (χ3v) is 2.27. The van der Waals surface area contributed by atoms with Crippen LogP contribution in [0.2, 0.25) is 0 Å². The van der Waals surface area contributed by atoms with Crippen molar-refractivity contribution in [3.63, 3.8) is 0 Å². The van der Waals surface area contributed by atoms with E-state index >= 15 is 0 Å². The molecule has 6 heteroatoms. The van der Waals surface area contributed by atoms with Gasteiger partial charge in [-0.1, -0.05) is 0 Å². The number of nitrogens with zero attached hydrogens (tertiary/aromatic N) is 1. The van der Waals surface area contributed by atoms with Gasteiger partial charge in [0.05, 0.1) is 5.92 Å². The summed E-state index contributed by atoms with van der Waals surface area (Å²) in [6.45, 7) is -0.166. The molecule has 4 N–H and O–H groups in total. The number of rotatable bonds is 3. The summed E-state index contributed by atoms with van der Waals surface area (Å²) in [4.78, 5) is 0. The van der Waals surface area contributed by atoms with Crippen LogP contribution in [-0.2, 0) is 4.74 Å². The molecule has 4 nitrogen and oxygen atoms in total. The van der Waals surface area contributed by atoms with Gasteiger partial charge in [0.2, 0.25) is 0 Å². The Bertz CT molecular complexity index is 179. The van der Waals surface area contributed by atoms with E-state index in [0.29, 0.717) is 6.54 Å². The number of hydrogen-bond acceptors (Lipinski definition) is 4. The van der Waals surface area contributed by atoms with Gasteiger partial charge in [0, 0.05) is 26.2 Å². The highest BCUT2D eigenvalue weighted by molar-refractivity contribution is 4.93. The fourth-order valence-electron chi connectivity index (χ4n) is 1.61. The molecule has 0 spiro atoms. The molecular weight excluding hydrogens is 180 g/mol. The number of ether oxygens (including phenoxy) is 1. The lowest BCUT2D eigenvalue weighted by Gasteiger charge is -2.24. The second-order valence-electron chi connectivity index (χ2n) is 3.42. The molecule has 1 aliphatic heterocycles. The first kappa shape index (κ1) is 10.8. The Kier molecular flexibility index (Phi) is 3.18. The first-order chi connectivity index (χ1) is 5.97. The maximum absolute atomic E-state index is 13.3. The minimum absolute atomic E-state index is 0.123. The molecule has 78 valence electrons. The molecule has 13 heavy (non-hydrogen) atoms. The van der Waals surface area contributed by atoms with Gasteiger partial charge in [-0.25, -0.2) is 13.8 Å². The van der Waals surface area contributed by atoms with Crippen molar-refractivity contribution in [1.29, 1.82) is 0 Å². The van der Waals surface area contributed by atoms with Crippen LogP contribution >= 0.6 is 0 Å². The largest absolute Gasteiger partial charge is 0.378 e. The first-order valence-electron chi connectivity index (χ1n) is 4.09. The summed E-state index contributed by atoms with van der Waals surface area (Å²) in [5.41, 5.74) is 5.53. The topological polar surface area (TPSA) is 64.5 Å².